The van der Waals surface area contributed by atoms with E-state index >= 15 is 0 Å². The molecule has 1 amide bonds. The molecule has 0 saturated heterocycles. The molecule has 3 rings (SSSR count). The minimum Gasteiger partial charge on any atom is -0.465 e. The van der Waals surface area contributed by atoms with Crippen LogP contribution in [0.25, 0.3) is 6.08 Å². The first-order chi connectivity index (χ1) is 8.33. The van der Waals surface area contributed by atoms with Gasteiger partial charge in [0.25, 0.3) is 5.91 Å². The standard InChI is InChI=1S/C13H9NO2S/c15-13-12(8-9-4-3-7-16-9)17-11-6-2-1-5-10(11)14-13/h1-8,11H/b12-8+. The molecule has 1 aromatic rings. The molecular weight excluding hydrogens is 234 g/mol. The SMILES string of the molecule is O=C1N=C2C=CC=CC2S/C1=C/c1ccco1. The molecule has 0 bridgehead atoms. The molecule has 4 heteroatoms. The molecule has 1 aliphatic carbocycles. The van der Waals surface area contributed by atoms with E-state index in [1.807, 2.05) is 30.4 Å². The second kappa shape index (κ2) is 4.22. The highest BCUT2D eigenvalue weighted by Gasteiger charge is 2.25. The number of hydrogen-bond donors (Lipinski definition) is 0. The summed E-state index contributed by atoms with van der Waals surface area (Å²) in [4.78, 5) is 16.5. The highest BCUT2D eigenvalue weighted by Crippen LogP contribution is 2.32. The molecule has 1 aliphatic heterocycles. The maximum absolute atomic E-state index is 11.8. The number of hydrogen-bond acceptors (Lipinski definition) is 3. The van der Waals surface area contributed by atoms with Gasteiger partial charge in [0, 0.05) is 0 Å². The first-order valence-electron chi connectivity index (χ1n) is 5.22. The van der Waals surface area contributed by atoms with Gasteiger partial charge in [-0.2, -0.15) is 0 Å². The van der Waals surface area contributed by atoms with Crippen molar-refractivity contribution in [2.75, 3.05) is 0 Å². The molecule has 84 valence electrons. The fourth-order valence-corrected chi connectivity index (χ4v) is 2.70. The predicted octanol–water partition coefficient (Wildman–Crippen LogP) is 2.83. The largest absolute Gasteiger partial charge is 0.465 e. The monoisotopic (exact) mass is 243 g/mol. The van der Waals surface area contributed by atoms with Gasteiger partial charge in [-0.3, -0.25) is 4.79 Å². The Balaban J connectivity index is 1.95. The molecule has 3 nitrogen and oxygen atoms in total. The van der Waals surface area contributed by atoms with Crippen LogP contribution >= 0.6 is 11.8 Å². The molecule has 2 heterocycles. The van der Waals surface area contributed by atoms with Crippen LogP contribution in [-0.2, 0) is 4.79 Å². The Kier molecular flexibility index (Phi) is 2.57. The summed E-state index contributed by atoms with van der Waals surface area (Å²) < 4.78 is 5.20. The average Bonchev–Trinajstić information content (AvgIpc) is 2.83. The van der Waals surface area contributed by atoms with Gasteiger partial charge < -0.3 is 4.42 Å². The highest BCUT2D eigenvalue weighted by molar-refractivity contribution is 8.05. The molecule has 2 aliphatic rings. The number of rotatable bonds is 1. The van der Waals surface area contributed by atoms with Gasteiger partial charge in [0.05, 0.1) is 22.1 Å². The van der Waals surface area contributed by atoms with Crippen LogP contribution < -0.4 is 0 Å². The number of aliphatic imine (C=N–C) groups is 1. The van der Waals surface area contributed by atoms with Crippen LogP contribution in [0.3, 0.4) is 0 Å². The third kappa shape index (κ3) is 2.03. The van der Waals surface area contributed by atoms with Crippen LogP contribution in [0.15, 0.2) is 57.0 Å². The van der Waals surface area contributed by atoms with Crippen LogP contribution in [0.2, 0.25) is 0 Å². The number of amides is 1. The van der Waals surface area contributed by atoms with E-state index in [9.17, 15) is 4.79 Å². The Hall–Kier alpha value is -1.81. The van der Waals surface area contributed by atoms with Gasteiger partial charge in [-0.1, -0.05) is 18.2 Å². The van der Waals surface area contributed by atoms with Crippen LogP contribution in [-0.4, -0.2) is 16.9 Å². The first-order valence-corrected chi connectivity index (χ1v) is 6.10. The third-order valence-electron chi connectivity index (χ3n) is 2.47. The van der Waals surface area contributed by atoms with Crippen molar-refractivity contribution < 1.29 is 9.21 Å². The van der Waals surface area contributed by atoms with Crippen LogP contribution in [0, 0.1) is 0 Å². The van der Waals surface area contributed by atoms with Crippen molar-refractivity contribution in [3.63, 3.8) is 0 Å². The molecule has 1 atom stereocenters. The minimum absolute atomic E-state index is 0.138. The van der Waals surface area contributed by atoms with Gasteiger partial charge in [-0.25, -0.2) is 4.99 Å². The number of nitrogens with zero attached hydrogens (tertiary/aromatic N) is 1. The summed E-state index contributed by atoms with van der Waals surface area (Å²) in [5.74, 6) is 0.479. The molecule has 17 heavy (non-hydrogen) atoms. The Labute approximate surface area is 103 Å². The average molecular weight is 243 g/mol. The van der Waals surface area contributed by atoms with E-state index in [1.165, 1.54) is 11.8 Å². The topological polar surface area (TPSA) is 42.6 Å². The van der Waals surface area contributed by atoms with Crippen molar-refractivity contribution in [3.8, 4) is 0 Å². The predicted molar refractivity (Wildman–Crippen MR) is 68.8 cm³/mol. The van der Waals surface area contributed by atoms with Crippen molar-refractivity contribution in [3.05, 3.63) is 53.4 Å². The fraction of sp³-hybridized carbons (Fsp3) is 0.0769. The summed E-state index contributed by atoms with van der Waals surface area (Å²) in [7, 11) is 0. The molecule has 1 aromatic heterocycles. The molecule has 0 saturated carbocycles. The number of allylic oxidation sites excluding steroid dienone is 3. The van der Waals surface area contributed by atoms with E-state index in [1.54, 1.807) is 18.4 Å². The summed E-state index contributed by atoms with van der Waals surface area (Å²) in [6.07, 6.45) is 11.1. The van der Waals surface area contributed by atoms with Gasteiger partial charge >= 0.3 is 0 Å². The zero-order valence-corrected chi connectivity index (χ0v) is 9.68. The van der Waals surface area contributed by atoms with E-state index < -0.39 is 0 Å². The summed E-state index contributed by atoms with van der Waals surface area (Å²) in [5, 5.41) is 0.138. The van der Waals surface area contributed by atoms with E-state index in [2.05, 4.69) is 4.99 Å². The summed E-state index contributed by atoms with van der Waals surface area (Å²) in [6, 6.07) is 3.61. The quantitative estimate of drug-likeness (QED) is 0.712. The summed E-state index contributed by atoms with van der Waals surface area (Å²) >= 11 is 1.50. The second-order valence-electron chi connectivity index (χ2n) is 3.65. The number of carbonyl (C=O) groups is 1. The smallest absolute Gasteiger partial charge is 0.283 e. The number of fused-ring (bicyclic) bond motifs is 1. The van der Waals surface area contributed by atoms with E-state index in [0.29, 0.717) is 10.7 Å². The van der Waals surface area contributed by atoms with Crippen LogP contribution in [0.5, 0.6) is 0 Å². The summed E-state index contributed by atoms with van der Waals surface area (Å²) in [5.41, 5.74) is 0.819. The molecule has 0 radical (unpaired) electrons. The Morgan fingerprint density at radius 3 is 3.18 bits per heavy atom. The minimum atomic E-state index is -0.197. The number of carbonyl (C=O) groups excluding carboxylic acids is 1. The van der Waals surface area contributed by atoms with E-state index in [-0.39, 0.29) is 11.2 Å². The normalized spacial score (nSPS) is 24.9. The molecule has 0 fully saturated rings. The van der Waals surface area contributed by atoms with Gasteiger partial charge in [0.1, 0.15) is 5.76 Å². The van der Waals surface area contributed by atoms with Crippen molar-refractivity contribution in [2.45, 2.75) is 5.25 Å². The van der Waals surface area contributed by atoms with Gasteiger partial charge in [0.2, 0.25) is 0 Å². The number of thioether (sulfide) groups is 1. The molecule has 1 unspecified atom stereocenters. The van der Waals surface area contributed by atoms with Gasteiger partial charge in [0.15, 0.2) is 0 Å². The fourth-order valence-electron chi connectivity index (χ4n) is 1.67. The van der Waals surface area contributed by atoms with E-state index in [0.717, 1.165) is 5.71 Å². The van der Waals surface area contributed by atoms with Crippen LogP contribution in [0.4, 0.5) is 0 Å². The van der Waals surface area contributed by atoms with Gasteiger partial charge in [-0.05, 0) is 24.3 Å². The molecular formula is C13H9NO2S. The molecule has 0 N–H and O–H groups in total. The van der Waals surface area contributed by atoms with Crippen molar-refractivity contribution in [1.29, 1.82) is 0 Å². The third-order valence-corrected chi connectivity index (χ3v) is 3.67. The van der Waals surface area contributed by atoms with Crippen molar-refractivity contribution in [1.82, 2.24) is 0 Å². The van der Waals surface area contributed by atoms with E-state index in [4.69, 9.17) is 4.42 Å². The lowest BCUT2D eigenvalue weighted by atomic mass is 10.1. The Morgan fingerprint density at radius 1 is 1.41 bits per heavy atom. The zero-order valence-electron chi connectivity index (χ0n) is 8.87. The maximum atomic E-state index is 11.8. The summed E-state index contributed by atoms with van der Waals surface area (Å²) in [6.45, 7) is 0. The lowest BCUT2D eigenvalue weighted by Crippen LogP contribution is -2.22. The molecule has 0 aromatic carbocycles. The lowest BCUT2D eigenvalue weighted by molar-refractivity contribution is -0.113. The zero-order chi connectivity index (χ0) is 11.7. The molecule has 0 spiro atoms. The lowest BCUT2D eigenvalue weighted by Gasteiger charge is -2.20. The maximum Gasteiger partial charge on any atom is 0.283 e. The highest BCUT2D eigenvalue weighted by atomic mass is 32.2. The Morgan fingerprint density at radius 2 is 2.35 bits per heavy atom. The first kappa shape index (κ1) is 10.4. The number of furan rings is 1. The Bertz CT molecular complexity index is 564. The second-order valence-corrected chi connectivity index (χ2v) is 4.83. The van der Waals surface area contributed by atoms with Crippen molar-refractivity contribution in [2.24, 2.45) is 4.99 Å². The van der Waals surface area contributed by atoms with Crippen LogP contribution in [0.1, 0.15) is 5.76 Å². The van der Waals surface area contributed by atoms with Crippen molar-refractivity contribution >= 4 is 29.5 Å². The van der Waals surface area contributed by atoms with Gasteiger partial charge in [-0.15, -0.1) is 11.8 Å².